The number of hydrogen-bond donors (Lipinski definition) is 2. The van der Waals surface area contributed by atoms with Crippen LogP contribution in [0.15, 0.2) is 24.3 Å². The zero-order chi connectivity index (χ0) is 11.3. The van der Waals surface area contributed by atoms with Crippen LogP contribution in [0.4, 0.5) is 0 Å². The Morgan fingerprint density at radius 2 is 1.87 bits per heavy atom. The van der Waals surface area contributed by atoms with Crippen molar-refractivity contribution in [2.45, 2.75) is 32.9 Å². The molecule has 0 bridgehead atoms. The maximum absolute atomic E-state index is 10.8. The Morgan fingerprint density at radius 1 is 1.33 bits per heavy atom. The number of nitrogens with two attached hydrogens (primary N) is 1. The molecular weight excluding hydrogens is 188 g/mol. The number of rotatable bonds is 4. The molecule has 1 amide bonds. The van der Waals surface area contributed by atoms with Crippen LogP contribution in [0.2, 0.25) is 0 Å². The van der Waals surface area contributed by atoms with Crippen LogP contribution in [0, 0.1) is 0 Å². The van der Waals surface area contributed by atoms with E-state index < -0.39 is 0 Å². The van der Waals surface area contributed by atoms with Gasteiger partial charge >= 0.3 is 0 Å². The second-order valence-electron chi connectivity index (χ2n) is 3.83. The molecule has 15 heavy (non-hydrogen) atoms. The summed E-state index contributed by atoms with van der Waals surface area (Å²) in [6.45, 7) is 4.10. The summed E-state index contributed by atoms with van der Waals surface area (Å²) in [6, 6.07) is 8.33. The highest BCUT2D eigenvalue weighted by atomic mass is 16.1. The van der Waals surface area contributed by atoms with E-state index in [2.05, 4.69) is 17.4 Å². The second-order valence-corrected chi connectivity index (χ2v) is 3.83. The van der Waals surface area contributed by atoms with Gasteiger partial charge in [-0.1, -0.05) is 24.3 Å². The lowest BCUT2D eigenvalue weighted by Crippen LogP contribution is -2.31. The standard InChI is InChI=1S/C12H18N2O/c1-9(14-10(2)15)7-11-3-5-12(8-13)6-4-11/h3-6,9H,7-8,13H2,1-2H3,(H,14,15). The third-order valence-corrected chi connectivity index (χ3v) is 2.25. The molecule has 0 aliphatic heterocycles. The largest absolute Gasteiger partial charge is 0.354 e. The minimum atomic E-state index is 0.0149. The maximum atomic E-state index is 10.8. The molecule has 82 valence electrons. The molecule has 0 heterocycles. The topological polar surface area (TPSA) is 55.1 Å². The SMILES string of the molecule is CC(=O)NC(C)Cc1ccc(CN)cc1. The zero-order valence-corrected chi connectivity index (χ0v) is 9.29. The Labute approximate surface area is 90.7 Å². The predicted molar refractivity (Wildman–Crippen MR) is 61.3 cm³/mol. The summed E-state index contributed by atoms with van der Waals surface area (Å²) in [7, 11) is 0. The van der Waals surface area contributed by atoms with E-state index in [-0.39, 0.29) is 11.9 Å². The highest BCUT2D eigenvalue weighted by molar-refractivity contribution is 5.73. The van der Waals surface area contributed by atoms with Crippen LogP contribution in [-0.2, 0) is 17.8 Å². The van der Waals surface area contributed by atoms with Crippen LogP contribution in [0.5, 0.6) is 0 Å². The van der Waals surface area contributed by atoms with E-state index in [0.717, 1.165) is 12.0 Å². The normalized spacial score (nSPS) is 12.2. The molecule has 0 aromatic heterocycles. The summed E-state index contributed by atoms with van der Waals surface area (Å²) in [6.07, 6.45) is 0.852. The lowest BCUT2D eigenvalue weighted by molar-refractivity contribution is -0.119. The molecule has 0 saturated carbocycles. The highest BCUT2D eigenvalue weighted by Crippen LogP contribution is 2.06. The van der Waals surface area contributed by atoms with E-state index in [9.17, 15) is 4.79 Å². The van der Waals surface area contributed by atoms with Gasteiger partial charge in [0.1, 0.15) is 0 Å². The summed E-state index contributed by atoms with van der Waals surface area (Å²) >= 11 is 0. The van der Waals surface area contributed by atoms with Crippen molar-refractivity contribution in [3.8, 4) is 0 Å². The number of carbonyl (C=O) groups is 1. The first-order chi connectivity index (χ1) is 7.11. The zero-order valence-electron chi connectivity index (χ0n) is 9.29. The number of carbonyl (C=O) groups excluding carboxylic acids is 1. The third kappa shape index (κ3) is 4.13. The number of benzene rings is 1. The Balaban J connectivity index is 2.53. The van der Waals surface area contributed by atoms with E-state index in [1.807, 2.05) is 19.1 Å². The summed E-state index contributed by atoms with van der Waals surface area (Å²) in [4.78, 5) is 10.8. The molecule has 0 saturated heterocycles. The molecule has 1 unspecified atom stereocenters. The highest BCUT2D eigenvalue weighted by Gasteiger charge is 2.04. The van der Waals surface area contributed by atoms with E-state index in [1.165, 1.54) is 12.5 Å². The molecule has 0 fully saturated rings. The first-order valence-electron chi connectivity index (χ1n) is 5.17. The van der Waals surface area contributed by atoms with Gasteiger partial charge in [-0.25, -0.2) is 0 Å². The molecular formula is C12H18N2O. The molecule has 1 aromatic rings. The van der Waals surface area contributed by atoms with Gasteiger partial charge in [0.25, 0.3) is 0 Å². The van der Waals surface area contributed by atoms with Crippen molar-refractivity contribution < 1.29 is 4.79 Å². The number of nitrogens with one attached hydrogen (secondary N) is 1. The van der Waals surface area contributed by atoms with Crippen molar-refractivity contribution >= 4 is 5.91 Å². The smallest absolute Gasteiger partial charge is 0.217 e. The van der Waals surface area contributed by atoms with Crippen LogP contribution in [0.3, 0.4) is 0 Å². The average Bonchev–Trinajstić information content (AvgIpc) is 2.17. The fourth-order valence-corrected chi connectivity index (χ4v) is 1.56. The summed E-state index contributed by atoms with van der Waals surface area (Å²) < 4.78 is 0. The van der Waals surface area contributed by atoms with Crippen LogP contribution < -0.4 is 11.1 Å². The van der Waals surface area contributed by atoms with Crippen molar-refractivity contribution in [3.05, 3.63) is 35.4 Å². The number of amides is 1. The van der Waals surface area contributed by atoms with E-state index in [1.54, 1.807) is 0 Å². The Bertz CT molecular complexity index is 319. The van der Waals surface area contributed by atoms with Crippen molar-refractivity contribution in [1.29, 1.82) is 0 Å². The van der Waals surface area contributed by atoms with Gasteiger partial charge in [0.2, 0.25) is 5.91 Å². The molecule has 3 nitrogen and oxygen atoms in total. The Hall–Kier alpha value is -1.35. The van der Waals surface area contributed by atoms with Gasteiger partial charge < -0.3 is 11.1 Å². The maximum Gasteiger partial charge on any atom is 0.217 e. The molecule has 3 heteroatoms. The summed E-state index contributed by atoms with van der Waals surface area (Å²) in [5.74, 6) is 0.0149. The predicted octanol–water partition coefficient (Wildman–Crippen LogP) is 1.21. The van der Waals surface area contributed by atoms with Gasteiger partial charge in [-0.15, -0.1) is 0 Å². The minimum Gasteiger partial charge on any atom is -0.354 e. The first kappa shape index (κ1) is 11.7. The molecule has 1 aromatic carbocycles. The first-order valence-corrected chi connectivity index (χ1v) is 5.17. The van der Waals surface area contributed by atoms with Crippen LogP contribution in [0.25, 0.3) is 0 Å². The second kappa shape index (κ2) is 5.51. The molecule has 0 aliphatic rings. The van der Waals surface area contributed by atoms with Crippen molar-refractivity contribution in [3.63, 3.8) is 0 Å². The molecule has 1 atom stereocenters. The molecule has 0 spiro atoms. The van der Waals surface area contributed by atoms with Crippen LogP contribution in [-0.4, -0.2) is 11.9 Å². The summed E-state index contributed by atoms with van der Waals surface area (Å²) in [5.41, 5.74) is 7.86. The summed E-state index contributed by atoms with van der Waals surface area (Å²) in [5, 5.41) is 2.86. The average molecular weight is 206 g/mol. The Morgan fingerprint density at radius 3 is 2.33 bits per heavy atom. The molecule has 0 radical (unpaired) electrons. The van der Waals surface area contributed by atoms with Gasteiger partial charge in [-0.3, -0.25) is 4.79 Å². The quantitative estimate of drug-likeness (QED) is 0.778. The van der Waals surface area contributed by atoms with Crippen molar-refractivity contribution in [2.75, 3.05) is 0 Å². The van der Waals surface area contributed by atoms with Crippen molar-refractivity contribution in [2.24, 2.45) is 5.73 Å². The monoisotopic (exact) mass is 206 g/mol. The van der Waals surface area contributed by atoms with E-state index in [4.69, 9.17) is 5.73 Å². The van der Waals surface area contributed by atoms with Gasteiger partial charge in [-0.05, 0) is 24.5 Å². The van der Waals surface area contributed by atoms with Gasteiger partial charge in [0.15, 0.2) is 0 Å². The van der Waals surface area contributed by atoms with E-state index >= 15 is 0 Å². The van der Waals surface area contributed by atoms with Crippen LogP contribution in [0.1, 0.15) is 25.0 Å². The van der Waals surface area contributed by atoms with Gasteiger partial charge in [0, 0.05) is 19.5 Å². The molecule has 3 N–H and O–H groups in total. The lowest BCUT2D eigenvalue weighted by atomic mass is 10.1. The van der Waals surface area contributed by atoms with Crippen LogP contribution >= 0.6 is 0 Å². The fourth-order valence-electron chi connectivity index (χ4n) is 1.56. The molecule has 1 rings (SSSR count). The minimum absolute atomic E-state index is 0.0149. The van der Waals surface area contributed by atoms with Gasteiger partial charge in [-0.2, -0.15) is 0 Å². The number of hydrogen-bond acceptors (Lipinski definition) is 2. The lowest BCUT2D eigenvalue weighted by Gasteiger charge is -2.12. The fraction of sp³-hybridized carbons (Fsp3) is 0.417. The Kier molecular flexibility index (Phi) is 4.31. The van der Waals surface area contributed by atoms with Crippen molar-refractivity contribution in [1.82, 2.24) is 5.32 Å². The van der Waals surface area contributed by atoms with Gasteiger partial charge in [0.05, 0.1) is 0 Å². The molecule has 0 aliphatic carbocycles. The third-order valence-electron chi connectivity index (χ3n) is 2.25. The van der Waals surface area contributed by atoms with E-state index in [0.29, 0.717) is 6.54 Å².